The Morgan fingerprint density at radius 3 is 2.44 bits per heavy atom. The fraction of sp³-hybridized carbons (Fsp3) is 0.235. The van der Waals surface area contributed by atoms with Crippen LogP contribution in [0.4, 0.5) is 0 Å². The summed E-state index contributed by atoms with van der Waals surface area (Å²) in [6.45, 7) is 2.92. The molecule has 0 N–H and O–H groups in total. The molecule has 0 bridgehead atoms. The molecule has 1 aliphatic heterocycles. The zero-order chi connectivity index (χ0) is 19.9. The number of benzene rings is 1. The van der Waals surface area contributed by atoms with Gasteiger partial charge in [0.2, 0.25) is 0 Å². The molecule has 0 spiro atoms. The van der Waals surface area contributed by atoms with Gasteiger partial charge in [-0.1, -0.05) is 49.2 Å². The maximum absolute atomic E-state index is 12.7. The normalized spacial score (nSPS) is 15.1. The van der Waals surface area contributed by atoms with Gasteiger partial charge in [0.05, 0.1) is 15.6 Å². The fourth-order valence-electron chi connectivity index (χ4n) is 2.75. The van der Waals surface area contributed by atoms with Crippen molar-refractivity contribution in [2.24, 2.45) is 0 Å². The maximum Gasteiger partial charge on any atom is 0.343 e. The van der Waals surface area contributed by atoms with E-state index >= 15 is 0 Å². The van der Waals surface area contributed by atoms with Crippen molar-refractivity contribution in [1.29, 1.82) is 0 Å². The van der Waals surface area contributed by atoms with Crippen LogP contribution in [0.25, 0.3) is 0 Å². The van der Waals surface area contributed by atoms with E-state index < -0.39 is 28.6 Å². The molecule has 2 aromatic rings. The minimum absolute atomic E-state index is 0.0477. The zero-order valence-corrected chi connectivity index (χ0v) is 16.6. The summed E-state index contributed by atoms with van der Waals surface area (Å²) in [5.74, 6) is -1.76. The number of aromatic nitrogens is 1. The summed E-state index contributed by atoms with van der Waals surface area (Å²) in [6.07, 6.45) is 2.40. The molecule has 1 aromatic carbocycles. The molecule has 0 fully saturated rings. The highest BCUT2D eigenvalue weighted by Gasteiger charge is 2.43. The Morgan fingerprint density at radius 2 is 1.85 bits per heavy atom. The van der Waals surface area contributed by atoms with Crippen LogP contribution in [0.3, 0.4) is 0 Å². The first-order valence-electron chi connectivity index (χ1n) is 7.82. The highest BCUT2D eigenvalue weighted by molar-refractivity contribution is 7.90. The van der Waals surface area contributed by atoms with Crippen molar-refractivity contribution in [1.82, 2.24) is 9.29 Å². The molecular weight excluding hydrogens is 415 g/mol. The zero-order valence-electron chi connectivity index (χ0n) is 14.3. The van der Waals surface area contributed by atoms with Crippen molar-refractivity contribution in [2.75, 3.05) is 6.73 Å². The van der Waals surface area contributed by atoms with Crippen molar-refractivity contribution >= 4 is 45.1 Å². The number of ether oxygens (including phenoxy) is 1. The minimum atomic E-state index is -4.12. The minimum Gasteiger partial charge on any atom is -0.439 e. The Bertz CT molecular complexity index is 1030. The molecule has 0 saturated carbocycles. The van der Waals surface area contributed by atoms with Crippen LogP contribution in [0.2, 0.25) is 10.0 Å². The molecule has 27 heavy (non-hydrogen) atoms. The molecule has 1 aromatic heterocycles. The monoisotopic (exact) mass is 428 g/mol. The van der Waals surface area contributed by atoms with E-state index in [-0.39, 0.29) is 32.0 Å². The largest absolute Gasteiger partial charge is 0.439 e. The number of esters is 1. The predicted molar refractivity (Wildman–Crippen MR) is 98.4 cm³/mol. The molecule has 1 amide bonds. The molecule has 1 aliphatic rings. The molecule has 142 valence electrons. The van der Waals surface area contributed by atoms with Crippen LogP contribution >= 0.6 is 23.2 Å². The van der Waals surface area contributed by atoms with Gasteiger partial charge in [-0.15, -0.1) is 0 Å². The lowest BCUT2D eigenvalue weighted by molar-refractivity contribution is 0.0358. The fourth-order valence-corrected chi connectivity index (χ4v) is 4.72. The Labute approximate surface area is 165 Å². The van der Waals surface area contributed by atoms with Crippen LogP contribution < -0.4 is 0 Å². The van der Waals surface area contributed by atoms with E-state index in [1.165, 1.54) is 18.5 Å². The molecule has 0 radical (unpaired) electrons. The third-order valence-corrected chi connectivity index (χ3v) is 6.38. The number of sulfonamides is 1. The van der Waals surface area contributed by atoms with Crippen LogP contribution in [-0.2, 0) is 14.8 Å². The summed E-state index contributed by atoms with van der Waals surface area (Å²) in [5, 5.41) is -0.0954. The first-order valence-corrected chi connectivity index (χ1v) is 10.0. The topological polar surface area (TPSA) is 93.6 Å². The van der Waals surface area contributed by atoms with E-state index in [9.17, 15) is 18.0 Å². The highest BCUT2D eigenvalue weighted by Crippen LogP contribution is 2.35. The summed E-state index contributed by atoms with van der Waals surface area (Å²) >= 11 is 11.8. The SMILES string of the molecule is CC(C)c1cccc2c1C(=O)N(COC(=O)c1c(Cl)cncc1Cl)S2(=O)=O. The van der Waals surface area contributed by atoms with Crippen molar-refractivity contribution in [3.8, 4) is 0 Å². The number of amides is 1. The van der Waals surface area contributed by atoms with Crippen LogP contribution in [0.15, 0.2) is 35.5 Å². The van der Waals surface area contributed by atoms with Crippen molar-refractivity contribution in [2.45, 2.75) is 24.7 Å². The lowest BCUT2D eigenvalue weighted by Gasteiger charge is -2.15. The number of hydrogen-bond donors (Lipinski definition) is 0. The molecule has 3 rings (SSSR count). The van der Waals surface area contributed by atoms with Gasteiger partial charge in [0.15, 0.2) is 6.73 Å². The summed E-state index contributed by atoms with van der Waals surface area (Å²) in [7, 11) is -4.12. The second kappa shape index (κ2) is 7.10. The lowest BCUT2D eigenvalue weighted by atomic mass is 9.97. The van der Waals surface area contributed by atoms with Gasteiger partial charge < -0.3 is 4.74 Å². The molecule has 2 heterocycles. The average Bonchev–Trinajstić information content (AvgIpc) is 2.79. The van der Waals surface area contributed by atoms with Crippen LogP contribution in [-0.4, -0.2) is 36.3 Å². The van der Waals surface area contributed by atoms with Crippen LogP contribution in [0.5, 0.6) is 0 Å². The van der Waals surface area contributed by atoms with Crippen LogP contribution in [0, 0.1) is 0 Å². The van der Waals surface area contributed by atoms with Gasteiger partial charge >= 0.3 is 5.97 Å². The van der Waals surface area contributed by atoms with Gasteiger partial charge in [0.1, 0.15) is 10.5 Å². The second-order valence-corrected chi connectivity index (χ2v) is 8.72. The molecule has 0 aliphatic carbocycles. The number of rotatable bonds is 4. The Hall–Kier alpha value is -2.16. The predicted octanol–water partition coefficient (Wildman–Crippen LogP) is 3.47. The van der Waals surface area contributed by atoms with Crippen LogP contribution in [0.1, 0.15) is 46.0 Å². The third kappa shape index (κ3) is 3.28. The average molecular weight is 429 g/mol. The molecule has 0 atom stereocenters. The molecule has 0 unspecified atom stereocenters. The van der Waals surface area contributed by atoms with Crippen molar-refractivity contribution in [3.05, 3.63) is 57.3 Å². The van der Waals surface area contributed by atoms with E-state index in [2.05, 4.69) is 4.98 Å². The molecule has 7 nitrogen and oxygen atoms in total. The standard InChI is InChI=1S/C17H14Cl2N2O5S/c1-9(2)10-4-3-5-13-14(10)16(22)21(27(13,24)25)8-26-17(23)15-11(18)6-20-7-12(15)19/h3-7,9H,8H2,1-2H3. The second-order valence-electron chi connectivity index (χ2n) is 6.07. The van der Waals surface area contributed by atoms with E-state index in [0.29, 0.717) is 9.87 Å². The first kappa shape index (κ1) is 19.6. The van der Waals surface area contributed by atoms with E-state index in [4.69, 9.17) is 27.9 Å². The number of carbonyl (C=O) groups is 2. The van der Waals surface area contributed by atoms with E-state index in [1.807, 2.05) is 13.8 Å². The Kier molecular flexibility index (Phi) is 5.16. The van der Waals surface area contributed by atoms with Crippen molar-refractivity contribution in [3.63, 3.8) is 0 Å². The number of hydrogen-bond acceptors (Lipinski definition) is 6. The van der Waals surface area contributed by atoms with Crippen molar-refractivity contribution < 1.29 is 22.7 Å². The van der Waals surface area contributed by atoms with E-state index in [1.54, 1.807) is 12.1 Å². The van der Waals surface area contributed by atoms with Gasteiger partial charge in [-0.3, -0.25) is 9.78 Å². The van der Waals surface area contributed by atoms with Gasteiger partial charge in [-0.05, 0) is 17.5 Å². The molecule has 0 saturated heterocycles. The quantitative estimate of drug-likeness (QED) is 0.691. The number of fused-ring (bicyclic) bond motifs is 1. The lowest BCUT2D eigenvalue weighted by Crippen LogP contribution is -2.33. The Morgan fingerprint density at radius 1 is 1.22 bits per heavy atom. The highest BCUT2D eigenvalue weighted by atomic mass is 35.5. The third-order valence-electron chi connectivity index (χ3n) is 4.06. The number of halogens is 2. The number of pyridine rings is 1. The summed E-state index contributed by atoms with van der Waals surface area (Å²) in [5.41, 5.74) is 0.552. The number of nitrogens with zero attached hydrogens (tertiary/aromatic N) is 2. The first-order chi connectivity index (χ1) is 12.7. The summed E-state index contributed by atoms with van der Waals surface area (Å²) in [4.78, 5) is 28.6. The smallest absolute Gasteiger partial charge is 0.343 e. The van der Waals surface area contributed by atoms with E-state index in [0.717, 1.165) is 0 Å². The van der Waals surface area contributed by atoms with Gasteiger partial charge in [-0.2, -0.15) is 4.31 Å². The summed E-state index contributed by atoms with van der Waals surface area (Å²) < 4.78 is 30.9. The molecule has 10 heteroatoms. The Balaban J connectivity index is 1.90. The van der Waals surface area contributed by atoms with Gasteiger partial charge in [0.25, 0.3) is 15.9 Å². The molecular formula is C17H14Cl2N2O5S. The summed E-state index contributed by atoms with van der Waals surface area (Å²) in [6, 6.07) is 4.63. The van der Waals surface area contributed by atoms with Gasteiger partial charge in [-0.25, -0.2) is 13.2 Å². The maximum atomic E-state index is 12.7. The van der Waals surface area contributed by atoms with Gasteiger partial charge in [0, 0.05) is 12.4 Å². The number of carbonyl (C=O) groups excluding carboxylic acids is 2.